The van der Waals surface area contributed by atoms with Crippen molar-refractivity contribution in [3.63, 3.8) is 0 Å². The number of nitrogens with zero attached hydrogens (tertiary/aromatic N) is 2. The maximum Gasteiger partial charge on any atom is 0.303 e. The third kappa shape index (κ3) is 8.09. The molecule has 0 bridgehead atoms. The predicted octanol–water partition coefficient (Wildman–Crippen LogP) is 3.79. The average Bonchev–Trinajstić information content (AvgIpc) is 2.94. The Bertz CT molecular complexity index is 1160. The van der Waals surface area contributed by atoms with Crippen LogP contribution in [0.25, 0.3) is 0 Å². The number of amides is 1. The van der Waals surface area contributed by atoms with Gasteiger partial charge in [-0.2, -0.15) is 0 Å². The Hall–Kier alpha value is -3.31. The molecule has 1 fully saturated rings. The van der Waals surface area contributed by atoms with Crippen molar-refractivity contribution in [1.29, 1.82) is 0 Å². The van der Waals surface area contributed by atoms with E-state index in [1.165, 1.54) is 11.8 Å². The van der Waals surface area contributed by atoms with E-state index >= 15 is 0 Å². The number of rotatable bonds is 11. The molecule has 3 aromatic rings. The Kier molecular flexibility index (Phi) is 9.61. The van der Waals surface area contributed by atoms with Gasteiger partial charge in [-0.3, -0.25) is 9.59 Å². The van der Waals surface area contributed by atoms with Gasteiger partial charge in [0.05, 0.1) is 25.2 Å². The number of thioether (sulfide) groups is 1. The molecule has 3 atom stereocenters. The van der Waals surface area contributed by atoms with Gasteiger partial charge in [-0.15, -0.1) is 0 Å². The number of aliphatic hydroxyl groups excluding tert-OH is 1. The lowest BCUT2D eigenvalue weighted by atomic mass is 10.0. The molecule has 9 nitrogen and oxygen atoms in total. The first kappa shape index (κ1) is 26.7. The second-order valence-electron chi connectivity index (χ2n) is 8.60. The zero-order valence-electron chi connectivity index (χ0n) is 20.2. The molecule has 2 aromatic carbocycles. The molecule has 10 heteroatoms. The van der Waals surface area contributed by atoms with E-state index in [4.69, 9.17) is 14.6 Å². The number of carbonyl (C=O) groups is 2. The molecule has 37 heavy (non-hydrogen) atoms. The molecule has 0 aliphatic carbocycles. The van der Waals surface area contributed by atoms with Crippen LogP contribution in [0.3, 0.4) is 0 Å². The Balaban J connectivity index is 1.43. The molecule has 4 rings (SSSR count). The molecule has 3 N–H and O–H groups in total. The molecule has 0 radical (unpaired) electrons. The van der Waals surface area contributed by atoms with Crippen molar-refractivity contribution >= 4 is 23.6 Å². The summed E-state index contributed by atoms with van der Waals surface area (Å²) < 4.78 is 12.7. The first-order valence-corrected chi connectivity index (χ1v) is 13.0. The van der Waals surface area contributed by atoms with E-state index in [1.807, 2.05) is 48.5 Å². The molecule has 1 amide bonds. The van der Waals surface area contributed by atoms with Crippen LogP contribution < -0.4 is 5.32 Å². The molecule has 194 valence electrons. The summed E-state index contributed by atoms with van der Waals surface area (Å²) in [6.07, 6.45) is 2.96. The normalized spacial score (nSPS) is 19.3. The lowest BCUT2D eigenvalue weighted by Crippen LogP contribution is -2.31. The second kappa shape index (κ2) is 13.3. The number of ether oxygens (including phenoxy) is 2. The molecule has 1 aromatic heterocycles. The number of aliphatic hydroxyl groups is 1. The summed E-state index contributed by atoms with van der Waals surface area (Å²) in [6.45, 7) is 0.293. The van der Waals surface area contributed by atoms with Crippen LogP contribution in [0.15, 0.2) is 72.1 Å². The maximum atomic E-state index is 11.8. The summed E-state index contributed by atoms with van der Waals surface area (Å²) in [4.78, 5) is 31.0. The minimum absolute atomic E-state index is 0.0136. The number of hydrogen-bond acceptors (Lipinski definition) is 8. The summed E-state index contributed by atoms with van der Waals surface area (Å²) in [7, 11) is 0. The fraction of sp³-hybridized carbons (Fsp3) is 0.333. The molecular formula is C27H29N3O6S. The van der Waals surface area contributed by atoms with Crippen molar-refractivity contribution in [2.45, 2.75) is 56.1 Å². The number of aliphatic carboxylic acids is 1. The van der Waals surface area contributed by atoms with Crippen LogP contribution in [0.4, 0.5) is 0 Å². The van der Waals surface area contributed by atoms with Crippen LogP contribution in [-0.4, -0.2) is 43.9 Å². The molecular weight excluding hydrogens is 494 g/mol. The van der Waals surface area contributed by atoms with Gasteiger partial charge >= 0.3 is 5.97 Å². The highest BCUT2D eigenvalue weighted by Gasteiger charge is 2.32. The van der Waals surface area contributed by atoms with Crippen LogP contribution in [0.5, 0.6) is 0 Å². The summed E-state index contributed by atoms with van der Waals surface area (Å²) >= 11 is 1.53. The minimum Gasteiger partial charge on any atom is -0.481 e. The fourth-order valence-electron chi connectivity index (χ4n) is 3.85. The van der Waals surface area contributed by atoms with E-state index in [0.717, 1.165) is 22.3 Å². The number of carboxylic acids is 1. The molecule has 1 aliphatic heterocycles. The molecule has 1 aliphatic rings. The van der Waals surface area contributed by atoms with E-state index in [2.05, 4.69) is 15.3 Å². The highest BCUT2D eigenvalue weighted by atomic mass is 32.2. The number of aromatic nitrogens is 2. The van der Waals surface area contributed by atoms with Crippen LogP contribution in [-0.2, 0) is 32.2 Å². The largest absolute Gasteiger partial charge is 0.481 e. The van der Waals surface area contributed by atoms with Crippen molar-refractivity contribution < 1.29 is 29.3 Å². The zero-order valence-corrected chi connectivity index (χ0v) is 21.0. The monoisotopic (exact) mass is 523 g/mol. The van der Waals surface area contributed by atoms with Crippen molar-refractivity contribution in [3.05, 3.63) is 89.2 Å². The standard InChI is InChI=1S/C27H29N3O6S/c31-16-19-4-6-20(7-5-19)23-14-22(17-37-27-28-12-1-13-29-27)35-26(36-23)21-8-2-18(3-9-21)15-30-24(32)10-11-25(33)34/h1-9,12-13,22-23,26,31H,10-11,14-17H2,(H,30,32)(H,33,34)/t22-,23+,26+/m1/s1. The predicted molar refractivity (Wildman–Crippen MR) is 136 cm³/mol. The topological polar surface area (TPSA) is 131 Å². The van der Waals surface area contributed by atoms with Crippen molar-refractivity contribution in [3.8, 4) is 0 Å². The van der Waals surface area contributed by atoms with Crippen LogP contribution in [0.1, 0.15) is 53.9 Å². The SMILES string of the molecule is O=C(O)CCC(=O)NCc1ccc([C@H]2O[C@@H](CSc3ncccn3)C[C@@H](c3ccc(CO)cc3)O2)cc1. The van der Waals surface area contributed by atoms with Gasteiger partial charge in [-0.1, -0.05) is 60.3 Å². The van der Waals surface area contributed by atoms with E-state index in [1.54, 1.807) is 18.5 Å². The van der Waals surface area contributed by atoms with Gasteiger partial charge in [0.2, 0.25) is 5.91 Å². The maximum absolute atomic E-state index is 11.8. The molecule has 1 saturated heterocycles. The number of hydrogen-bond donors (Lipinski definition) is 3. The minimum atomic E-state index is -0.998. The van der Waals surface area contributed by atoms with Gasteiger partial charge in [0.1, 0.15) is 0 Å². The fourth-order valence-corrected chi connectivity index (χ4v) is 4.67. The van der Waals surface area contributed by atoms with Gasteiger partial charge in [0.15, 0.2) is 11.4 Å². The first-order valence-electron chi connectivity index (χ1n) is 12.0. The van der Waals surface area contributed by atoms with Crippen LogP contribution in [0, 0.1) is 0 Å². The lowest BCUT2D eigenvalue weighted by Gasteiger charge is -2.36. The lowest BCUT2D eigenvalue weighted by molar-refractivity contribution is -0.245. The van der Waals surface area contributed by atoms with Gasteiger partial charge in [0, 0.05) is 43.1 Å². The summed E-state index contributed by atoms with van der Waals surface area (Å²) in [6, 6.07) is 17.1. The third-order valence-corrected chi connectivity index (χ3v) is 6.87. The third-order valence-electron chi connectivity index (χ3n) is 5.86. The number of carboxylic acid groups (broad SMARTS) is 1. The van der Waals surface area contributed by atoms with Gasteiger partial charge in [-0.25, -0.2) is 9.97 Å². The quantitative estimate of drug-likeness (QED) is 0.254. The number of carbonyl (C=O) groups excluding carboxylic acids is 1. The molecule has 0 saturated carbocycles. The average molecular weight is 524 g/mol. The van der Waals surface area contributed by atoms with E-state index in [9.17, 15) is 14.7 Å². The molecule has 0 unspecified atom stereocenters. The van der Waals surface area contributed by atoms with E-state index in [0.29, 0.717) is 23.9 Å². The number of benzene rings is 2. The van der Waals surface area contributed by atoms with E-state index in [-0.39, 0.29) is 37.6 Å². The van der Waals surface area contributed by atoms with Crippen molar-refractivity contribution in [2.24, 2.45) is 0 Å². The Labute approximate surface area is 219 Å². The summed E-state index contributed by atoms with van der Waals surface area (Å²) in [5.74, 6) is -0.638. The van der Waals surface area contributed by atoms with Gasteiger partial charge in [0.25, 0.3) is 0 Å². The van der Waals surface area contributed by atoms with Gasteiger partial charge in [-0.05, 0) is 22.8 Å². The Morgan fingerprint density at radius 3 is 2.30 bits per heavy atom. The van der Waals surface area contributed by atoms with Crippen molar-refractivity contribution in [1.82, 2.24) is 15.3 Å². The molecule has 2 heterocycles. The Morgan fingerprint density at radius 1 is 0.946 bits per heavy atom. The van der Waals surface area contributed by atoms with E-state index < -0.39 is 12.3 Å². The zero-order chi connectivity index (χ0) is 26.0. The number of nitrogens with one attached hydrogen (secondary N) is 1. The second-order valence-corrected chi connectivity index (χ2v) is 9.59. The van der Waals surface area contributed by atoms with Gasteiger partial charge < -0.3 is 25.0 Å². The smallest absolute Gasteiger partial charge is 0.303 e. The Morgan fingerprint density at radius 2 is 1.62 bits per heavy atom. The highest BCUT2D eigenvalue weighted by Crippen LogP contribution is 2.39. The summed E-state index contributed by atoms with van der Waals surface area (Å²) in [5.41, 5.74) is 3.58. The highest BCUT2D eigenvalue weighted by molar-refractivity contribution is 7.99. The first-order chi connectivity index (χ1) is 18.0. The van der Waals surface area contributed by atoms with Crippen molar-refractivity contribution in [2.75, 3.05) is 5.75 Å². The molecule has 0 spiro atoms. The summed E-state index contributed by atoms with van der Waals surface area (Å²) in [5, 5.41) is 21.5. The van der Waals surface area contributed by atoms with Crippen LogP contribution >= 0.6 is 11.8 Å². The van der Waals surface area contributed by atoms with Crippen LogP contribution in [0.2, 0.25) is 0 Å².